The number of carbonyl (C=O) groups excluding carboxylic acids is 2. The lowest BCUT2D eigenvalue weighted by atomic mass is 9.91. The second-order valence-corrected chi connectivity index (χ2v) is 8.04. The Morgan fingerprint density at radius 2 is 1.46 bits per heavy atom. The molecule has 0 saturated carbocycles. The number of hydrogen-bond acceptors (Lipinski definition) is 5. The minimum Gasteiger partial charge on any atom is -0.493 e. The van der Waals surface area contributed by atoms with Crippen molar-refractivity contribution in [3.63, 3.8) is 0 Å². The van der Waals surface area contributed by atoms with Gasteiger partial charge in [-0.15, -0.1) is 0 Å². The summed E-state index contributed by atoms with van der Waals surface area (Å²) in [6, 6.07) is 24.8. The normalized spacial score (nSPS) is 11.1. The van der Waals surface area contributed by atoms with Crippen LogP contribution in [0.5, 0.6) is 11.5 Å². The molecule has 0 unspecified atom stereocenters. The highest BCUT2D eigenvalue weighted by atomic mass is 16.5. The third-order valence-electron chi connectivity index (χ3n) is 5.49. The van der Waals surface area contributed by atoms with Gasteiger partial charge in [0.05, 0.1) is 26.6 Å². The zero-order valence-corrected chi connectivity index (χ0v) is 20.3. The maximum absolute atomic E-state index is 13.0. The molecule has 0 aromatic heterocycles. The number of benzene rings is 3. The summed E-state index contributed by atoms with van der Waals surface area (Å²) in [6.45, 7) is 2.19. The standard InChI is InChI=1S/C28H31N3O4/c1-20(18-26(32)29-17-16-21-14-15-24(34-2)25(19-21)35-3)30-31-28(33)27(22-10-6-4-7-11-22)23-12-8-5-9-13-23/h4-15,19,27H,16-18H2,1-3H3,(H,29,32)(H,31,33)/b30-20-. The summed E-state index contributed by atoms with van der Waals surface area (Å²) in [5.41, 5.74) is 5.92. The van der Waals surface area contributed by atoms with Gasteiger partial charge in [-0.2, -0.15) is 5.10 Å². The van der Waals surface area contributed by atoms with Gasteiger partial charge in [0, 0.05) is 12.3 Å². The second-order valence-electron chi connectivity index (χ2n) is 8.04. The van der Waals surface area contributed by atoms with E-state index in [1.807, 2.05) is 78.9 Å². The average Bonchev–Trinajstić information content (AvgIpc) is 2.88. The second kappa shape index (κ2) is 12.9. The van der Waals surface area contributed by atoms with E-state index in [-0.39, 0.29) is 18.2 Å². The summed E-state index contributed by atoms with van der Waals surface area (Å²) in [7, 11) is 3.18. The predicted molar refractivity (Wildman–Crippen MR) is 137 cm³/mol. The number of ether oxygens (including phenoxy) is 2. The fourth-order valence-corrected chi connectivity index (χ4v) is 3.72. The molecular weight excluding hydrogens is 442 g/mol. The van der Waals surface area contributed by atoms with Gasteiger partial charge in [-0.25, -0.2) is 5.43 Å². The zero-order chi connectivity index (χ0) is 25.0. The number of nitrogens with zero attached hydrogens (tertiary/aromatic N) is 1. The van der Waals surface area contributed by atoms with Crippen LogP contribution in [0.3, 0.4) is 0 Å². The summed E-state index contributed by atoms with van der Waals surface area (Å²) < 4.78 is 10.6. The quantitative estimate of drug-likeness (QED) is 0.324. The summed E-state index contributed by atoms with van der Waals surface area (Å²) in [5.74, 6) is 0.402. The van der Waals surface area contributed by atoms with Crippen molar-refractivity contribution in [2.75, 3.05) is 20.8 Å². The van der Waals surface area contributed by atoms with Gasteiger partial charge >= 0.3 is 0 Å². The van der Waals surface area contributed by atoms with E-state index in [0.29, 0.717) is 30.2 Å². The predicted octanol–water partition coefficient (Wildman–Crippen LogP) is 4.08. The molecule has 2 N–H and O–H groups in total. The van der Waals surface area contributed by atoms with Gasteiger partial charge in [-0.05, 0) is 42.2 Å². The van der Waals surface area contributed by atoms with Crippen molar-refractivity contribution in [1.82, 2.24) is 10.7 Å². The highest BCUT2D eigenvalue weighted by Crippen LogP contribution is 2.27. The van der Waals surface area contributed by atoms with Crippen molar-refractivity contribution < 1.29 is 19.1 Å². The molecule has 0 fully saturated rings. The molecule has 182 valence electrons. The van der Waals surface area contributed by atoms with Crippen molar-refractivity contribution in [1.29, 1.82) is 0 Å². The van der Waals surface area contributed by atoms with Crippen molar-refractivity contribution in [3.05, 3.63) is 95.6 Å². The Bertz CT molecular complexity index is 1110. The van der Waals surface area contributed by atoms with E-state index in [1.165, 1.54) is 0 Å². The molecule has 3 aromatic carbocycles. The van der Waals surface area contributed by atoms with E-state index >= 15 is 0 Å². The van der Waals surface area contributed by atoms with E-state index < -0.39 is 5.92 Å². The Morgan fingerprint density at radius 3 is 2.03 bits per heavy atom. The van der Waals surface area contributed by atoms with Crippen LogP contribution in [0.2, 0.25) is 0 Å². The number of hydrazone groups is 1. The maximum atomic E-state index is 13.0. The van der Waals surface area contributed by atoms with Crippen LogP contribution < -0.4 is 20.2 Å². The molecule has 7 heteroatoms. The Hall–Kier alpha value is -4.13. The third-order valence-corrected chi connectivity index (χ3v) is 5.49. The van der Waals surface area contributed by atoms with Crippen LogP contribution in [0.4, 0.5) is 0 Å². The van der Waals surface area contributed by atoms with Gasteiger partial charge in [-0.1, -0.05) is 66.7 Å². The summed E-state index contributed by atoms with van der Waals surface area (Å²) in [6.07, 6.45) is 0.738. The van der Waals surface area contributed by atoms with Crippen molar-refractivity contribution >= 4 is 17.5 Å². The topological polar surface area (TPSA) is 89.0 Å². The highest BCUT2D eigenvalue weighted by Gasteiger charge is 2.22. The Morgan fingerprint density at radius 1 is 0.857 bits per heavy atom. The Kier molecular flexibility index (Phi) is 9.42. The third kappa shape index (κ3) is 7.43. The molecule has 0 aliphatic carbocycles. The number of nitrogens with one attached hydrogen (secondary N) is 2. The Balaban J connectivity index is 1.53. The number of methoxy groups -OCH3 is 2. The average molecular weight is 474 g/mol. The van der Waals surface area contributed by atoms with Crippen molar-refractivity contribution in [3.8, 4) is 11.5 Å². The van der Waals surface area contributed by atoms with Crippen LogP contribution in [-0.4, -0.2) is 38.3 Å². The largest absolute Gasteiger partial charge is 0.493 e. The minimum atomic E-state index is -0.496. The van der Waals surface area contributed by atoms with Gasteiger partial charge in [0.25, 0.3) is 5.91 Å². The number of rotatable bonds is 11. The summed E-state index contributed by atoms with van der Waals surface area (Å²) in [4.78, 5) is 25.4. The smallest absolute Gasteiger partial charge is 0.252 e. The fraction of sp³-hybridized carbons (Fsp3) is 0.250. The van der Waals surface area contributed by atoms with Crippen LogP contribution in [0.25, 0.3) is 0 Å². The molecule has 35 heavy (non-hydrogen) atoms. The molecule has 0 saturated heterocycles. The monoisotopic (exact) mass is 473 g/mol. The fourth-order valence-electron chi connectivity index (χ4n) is 3.72. The lowest BCUT2D eigenvalue weighted by molar-refractivity contribution is -0.122. The molecule has 3 aromatic rings. The lowest BCUT2D eigenvalue weighted by Gasteiger charge is -2.16. The molecular formula is C28H31N3O4. The van der Waals surface area contributed by atoms with Crippen LogP contribution >= 0.6 is 0 Å². The first-order chi connectivity index (χ1) is 17.0. The van der Waals surface area contributed by atoms with Crippen LogP contribution in [0.15, 0.2) is 84.0 Å². The van der Waals surface area contributed by atoms with E-state index in [4.69, 9.17) is 9.47 Å². The Labute approximate surface area is 206 Å². The minimum absolute atomic E-state index is 0.0908. The van der Waals surface area contributed by atoms with E-state index in [9.17, 15) is 9.59 Å². The highest BCUT2D eigenvalue weighted by molar-refractivity contribution is 6.00. The molecule has 0 radical (unpaired) electrons. The van der Waals surface area contributed by atoms with Gasteiger partial charge in [0.15, 0.2) is 11.5 Å². The van der Waals surface area contributed by atoms with Gasteiger partial charge in [0.2, 0.25) is 5.91 Å². The van der Waals surface area contributed by atoms with Gasteiger partial charge in [-0.3, -0.25) is 9.59 Å². The van der Waals surface area contributed by atoms with Crippen molar-refractivity contribution in [2.24, 2.45) is 5.10 Å². The summed E-state index contributed by atoms with van der Waals surface area (Å²) >= 11 is 0. The molecule has 0 aliphatic rings. The number of hydrogen-bond donors (Lipinski definition) is 2. The molecule has 7 nitrogen and oxygen atoms in total. The zero-order valence-electron chi connectivity index (χ0n) is 20.3. The number of carbonyl (C=O) groups is 2. The van der Waals surface area contributed by atoms with E-state index in [0.717, 1.165) is 16.7 Å². The lowest BCUT2D eigenvalue weighted by Crippen LogP contribution is -2.29. The molecule has 0 spiro atoms. The first-order valence-corrected chi connectivity index (χ1v) is 11.4. The molecule has 0 aliphatic heterocycles. The first kappa shape index (κ1) is 25.5. The molecule has 0 heterocycles. The molecule has 0 atom stereocenters. The van der Waals surface area contributed by atoms with Gasteiger partial charge < -0.3 is 14.8 Å². The van der Waals surface area contributed by atoms with Crippen LogP contribution in [0.1, 0.15) is 36.0 Å². The first-order valence-electron chi connectivity index (χ1n) is 11.4. The molecule has 3 rings (SSSR count). The molecule has 0 bridgehead atoms. The number of amides is 2. The SMILES string of the molecule is COc1ccc(CCNC(=O)C/C(C)=N\NC(=O)C(c2ccccc2)c2ccccc2)cc1OC. The molecule has 2 amide bonds. The van der Waals surface area contributed by atoms with E-state index in [2.05, 4.69) is 15.8 Å². The van der Waals surface area contributed by atoms with Crippen molar-refractivity contribution in [2.45, 2.75) is 25.7 Å². The summed E-state index contributed by atoms with van der Waals surface area (Å²) in [5, 5.41) is 7.06. The van der Waals surface area contributed by atoms with Gasteiger partial charge in [0.1, 0.15) is 0 Å². The van der Waals surface area contributed by atoms with Crippen LogP contribution in [0, 0.1) is 0 Å². The van der Waals surface area contributed by atoms with E-state index in [1.54, 1.807) is 21.1 Å². The van der Waals surface area contributed by atoms with Crippen LogP contribution in [-0.2, 0) is 16.0 Å². The maximum Gasteiger partial charge on any atom is 0.252 e.